The Balaban J connectivity index is 0.000000404. The summed E-state index contributed by atoms with van der Waals surface area (Å²) in [6.07, 6.45) is -4.36. The van der Waals surface area contributed by atoms with E-state index in [-0.39, 0.29) is 11.4 Å². The third-order valence-corrected chi connectivity index (χ3v) is 6.83. The van der Waals surface area contributed by atoms with Gasteiger partial charge in [0.05, 0.1) is 17.6 Å². The van der Waals surface area contributed by atoms with Gasteiger partial charge in [-0.25, -0.2) is 22.7 Å². The van der Waals surface area contributed by atoms with Crippen LogP contribution >= 0.6 is 0 Å². The zero-order valence-corrected chi connectivity index (χ0v) is 20.7. The van der Waals surface area contributed by atoms with Crippen molar-refractivity contribution in [2.45, 2.75) is 44.3 Å². The maximum absolute atomic E-state index is 11.5. The number of hydrogen-bond acceptors (Lipinski definition) is 7. The Kier molecular flexibility index (Phi) is 11.3. The van der Waals surface area contributed by atoms with Crippen molar-refractivity contribution in [2.24, 2.45) is 13.0 Å². The summed E-state index contributed by atoms with van der Waals surface area (Å²) in [5.74, 6) is -4.94. The molecular weight excluding hydrogens is 542 g/mol. The second kappa shape index (κ2) is 12.9. The Bertz CT molecular complexity index is 983. The van der Waals surface area contributed by atoms with Gasteiger partial charge in [-0.3, -0.25) is 9.58 Å². The molecule has 2 aliphatic rings. The Labute approximate surface area is 208 Å². The minimum Gasteiger partial charge on any atom is -0.475 e. The first-order valence-corrected chi connectivity index (χ1v) is 12.4. The van der Waals surface area contributed by atoms with Crippen LogP contribution in [0, 0.1) is 5.92 Å². The van der Waals surface area contributed by atoms with E-state index in [1.54, 1.807) is 6.92 Å². The van der Waals surface area contributed by atoms with Gasteiger partial charge in [-0.1, -0.05) is 0 Å². The predicted octanol–water partition coefficient (Wildman–Crippen LogP) is 1.61. The second-order valence-corrected chi connectivity index (χ2v) is 10.4. The number of carboxylic acids is 2. The van der Waals surface area contributed by atoms with Crippen LogP contribution in [-0.4, -0.2) is 95.2 Å². The smallest absolute Gasteiger partial charge is 0.475 e. The third-order valence-electron chi connectivity index (χ3n) is 5.43. The van der Waals surface area contributed by atoms with Gasteiger partial charge in [0.15, 0.2) is 0 Å². The second-order valence-electron chi connectivity index (χ2n) is 8.26. The molecule has 1 spiro atoms. The molecule has 37 heavy (non-hydrogen) atoms. The molecule has 1 aromatic rings. The van der Waals surface area contributed by atoms with Crippen molar-refractivity contribution in [3.8, 4) is 0 Å². The Morgan fingerprint density at radius 3 is 2.08 bits per heavy atom. The largest absolute Gasteiger partial charge is 0.490 e. The fourth-order valence-corrected chi connectivity index (χ4v) is 4.30. The van der Waals surface area contributed by atoms with Gasteiger partial charge in [0.2, 0.25) is 10.0 Å². The molecule has 0 aliphatic carbocycles. The average Bonchev–Trinajstić information content (AvgIpc) is 3.33. The van der Waals surface area contributed by atoms with Gasteiger partial charge in [0.25, 0.3) is 0 Å². The van der Waals surface area contributed by atoms with Crippen molar-refractivity contribution >= 4 is 22.0 Å². The number of likely N-dealkylation sites (tertiary alicyclic amines) is 1. The minimum absolute atomic E-state index is 0.0696. The number of carbonyl (C=O) groups is 2. The van der Waals surface area contributed by atoms with Crippen molar-refractivity contribution in [3.05, 3.63) is 18.0 Å². The van der Waals surface area contributed by atoms with Crippen LogP contribution in [0.3, 0.4) is 0 Å². The van der Waals surface area contributed by atoms with E-state index in [4.69, 9.17) is 24.5 Å². The molecule has 1 unspecified atom stereocenters. The lowest BCUT2D eigenvalue weighted by molar-refractivity contribution is -0.193. The molecule has 0 radical (unpaired) electrons. The quantitative estimate of drug-likeness (QED) is 0.416. The van der Waals surface area contributed by atoms with Crippen LogP contribution < -0.4 is 4.72 Å². The summed E-state index contributed by atoms with van der Waals surface area (Å²) in [6, 6.07) is 0. The van der Waals surface area contributed by atoms with E-state index in [1.165, 1.54) is 5.56 Å². The fourth-order valence-electron chi connectivity index (χ4n) is 3.67. The van der Waals surface area contributed by atoms with Gasteiger partial charge in [0.1, 0.15) is 0 Å². The van der Waals surface area contributed by atoms with Gasteiger partial charge in [0, 0.05) is 51.6 Å². The van der Waals surface area contributed by atoms with Crippen molar-refractivity contribution in [1.82, 2.24) is 19.4 Å². The number of rotatable bonds is 7. The first-order chi connectivity index (χ1) is 16.8. The SMILES string of the molecule is CCS(=O)(=O)NCCC1CCOC12CN(Cc1cnn(C)c1)C2.O=C(O)C(F)(F)F.O=C(O)C(F)(F)F. The Hall–Kier alpha value is -2.44. The number of hydrogen-bond donors (Lipinski definition) is 3. The summed E-state index contributed by atoms with van der Waals surface area (Å²) in [7, 11) is -1.17. The monoisotopic (exact) mass is 570 g/mol. The van der Waals surface area contributed by atoms with Crippen LogP contribution in [0.15, 0.2) is 12.4 Å². The van der Waals surface area contributed by atoms with Gasteiger partial charge < -0.3 is 14.9 Å². The summed E-state index contributed by atoms with van der Waals surface area (Å²) in [5, 5.41) is 18.4. The lowest BCUT2D eigenvalue weighted by atomic mass is 9.79. The molecule has 1 aromatic heterocycles. The number of carboxylic acid groups (broad SMARTS) is 2. The number of nitrogens with one attached hydrogen (secondary N) is 1. The average molecular weight is 571 g/mol. The molecule has 0 amide bonds. The van der Waals surface area contributed by atoms with E-state index in [9.17, 15) is 34.8 Å². The van der Waals surface area contributed by atoms with Crippen LogP contribution in [0.1, 0.15) is 25.3 Å². The molecule has 3 N–H and O–H groups in total. The summed E-state index contributed by atoms with van der Waals surface area (Å²) in [4.78, 5) is 20.2. The summed E-state index contributed by atoms with van der Waals surface area (Å²) in [6.45, 7) is 5.69. The molecule has 11 nitrogen and oxygen atoms in total. The predicted molar refractivity (Wildman–Crippen MR) is 115 cm³/mol. The Morgan fingerprint density at radius 2 is 1.68 bits per heavy atom. The van der Waals surface area contributed by atoms with E-state index in [2.05, 4.69) is 14.7 Å². The number of alkyl halides is 6. The van der Waals surface area contributed by atoms with Crippen LogP contribution in [0.25, 0.3) is 0 Å². The number of halogens is 6. The van der Waals surface area contributed by atoms with Gasteiger partial charge in [-0.15, -0.1) is 0 Å². The molecule has 214 valence electrons. The highest BCUT2D eigenvalue weighted by Gasteiger charge is 2.52. The lowest BCUT2D eigenvalue weighted by Gasteiger charge is -2.50. The van der Waals surface area contributed by atoms with E-state index in [0.717, 1.165) is 39.1 Å². The van der Waals surface area contributed by atoms with Crippen LogP contribution in [0.2, 0.25) is 0 Å². The topological polar surface area (TPSA) is 151 Å². The Morgan fingerprint density at radius 1 is 1.16 bits per heavy atom. The summed E-state index contributed by atoms with van der Waals surface area (Å²) < 4.78 is 97.0. The first-order valence-electron chi connectivity index (χ1n) is 10.7. The highest BCUT2D eigenvalue weighted by atomic mass is 32.2. The number of aliphatic carboxylic acids is 2. The molecule has 3 rings (SSSR count). The van der Waals surface area contributed by atoms with Gasteiger partial charge in [-0.2, -0.15) is 31.4 Å². The number of aryl methyl sites for hydroxylation is 1. The van der Waals surface area contributed by atoms with Crippen molar-refractivity contribution < 1.29 is 59.3 Å². The highest BCUT2D eigenvalue weighted by Crippen LogP contribution is 2.42. The number of aromatic nitrogens is 2. The zero-order chi connectivity index (χ0) is 28.7. The van der Waals surface area contributed by atoms with Gasteiger partial charge >= 0.3 is 24.3 Å². The maximum atomic E-state index is 11.5. The number of ether oxygens (including phenoxy) is 1. The van der Waals surface area contributed by atoms with Crippen molar-refractivity contribution in [3.63, 3.8) is 0 Å². The van der Waals surface area contributed by atoms with Crippen LogP contribution in [0.4, 0.5) is 26.3 Å². The van der Waals surface area contributed by atoms with E-state index in [1.807, 2.05) is 24.1 Å². The third kappa shape index (κ3) is 10.8. The highest BCUT2D eigenvalue weighted by molar-refractivity contribution is 7.89. The standard InChI is InChI=1S/C15H26N4O3S.2C2HF3O2/c1-3-23(20,21)17-6-4-14-5-7-22-15(14)11-19(12-15)10-13-8-16-18(2)9-13;2*3-2(4,5)1(6)7/h8-9,14,17H,3-7,10-12H2,1-2H3;2*(H,6,7). The molecule has 2 fully saturated rings. The molecule has 18 heteroatoms. The summed E-state index contributed by atoms with van der Waals surface area (Å²) >= 11 is 0. The van der Waals surface area contributed by atoms with E-state index < -0.39 is 34.3 Å². The molecule has 1 atom stereocenters. The molecule has 0 saturated carbocycles. The molecule has 2 aliphatic heterocycles. The molecule has 3 heterocycles. The van der Waals surface area contributed by atoms with E-state index >= 15 is 0 Å². The normalized spacial score (nSPS) is 19.3. The molecular formula is C19H28F6N4O7S. The van der Waals surface area contributed by atoms with Crippen LogP contribution in [-0.2, 0) is 37.9 Å². The van der Waals surface area contributed by atoms with Crippen LogP contribution in [0.5, 0.6) is 0 Å². The fraction of sp³-hybridized carbons (Fsp3) is 0.737. The first kappa shape index (κ1) is 32.6. The number of nitrogens with zero attached hydrogens (tertiary/aromatic N) is 3. The number of sulfonamides is 1. The van der Waals surface area contributed by atoms with Crippen molar-refractivity contribution in [1.29, 1.82) is 0 Å². The lowest BCUT2D eigenvalue weighted by Crippen LogP contribution is -2.64. The zero-order valence-electron chi connectivity index (χ0n) is 19.8. The summed E-state index contributed by atoms with van der Waals surface area (Å²) in [5.41, 5.74) is 1.15. The van der Waals surface area contributed by atoms with Crippen molar-refractivity contribution in [2.75, 3.05) is 32.0 Å². The maximum Gasteiger partial charge on any atom is 0.490 e. The van der Waals surface area contributed by atoms with Gasteiger partial charge in [-0.05, 0) is 25.7 Å². The molecule has 0 bridgehead atoms. The van der Waals surface area contributed by atoms with E-state index in [0.29, 0.717) is 12.5 Å². The molecule has 0 aromatic carbocycles. The molecule has 2 saturated heterocycles. The minimum atomic E-state index is -5.08.